The minimum absolute atomic E-state index is 0.255. The molecule has 0 aromatic rings. The molecule has 0 radical (unpaired) electrons. The summed E-state index contributed by atoms with van der Waals surface area (Å²) in [5, 5.41) is 7.20. The molecule has 2 N–H and O–H groups in total. The summed E-state index contributed by atoms with van der Waals surface area (Å²) in [5.74, 6) is 1.01. The van der Waals surface area contributed by atoms with E-state index in [0.717, 1.165) is 51.1 Å². The molecule has 3 fully saturated rings. The second-order valence-electron chi connectivity index (χ2n) is 8.44. The normalized spacial score (nSPS) is 26.1. The highest BCUT2D eigenvalue weighted by Crippen LogP contribution is 2.34. The lowest BCUT2D eigenvalue weighted by Crippen LogP contribution is -2.51. The van der Waals surface area contributed by atoms with Gasteiger partial charge in [-0.05, 0) is 51.7 Å². The van der Waals surface area contributed by atoms with E-state index in [9.17, 15) is 0 Å². The first-order valence-electron chi connectivity index (χ1n) is 11.2. The lowest BCUT2D eigenvalue weighted by molar-refractivity contribution is 0.0794. The lowest BCUT2D eigenvalue weighted by Gasteiger charge is -2.40. The van der Waals surface area contributed by atoms with E-state index in [2.05, 4.69) is 28.7 Å². The molecule has 2 aliphatic heterocycles. The fourth-order valence-electron chi connectivity index (χ4n) is 4.76. The Labute approximate surface area is 170 Å². The molecule has 27 heavy (non-hydrogen) atoms. The number of hydrogen-bond acceptors (Lipinski definition) is 4. The number of rotatable bonds is 6. The van der Waals surface area contributed by atoms with E-state index in [0.29, 0.717) is 6.04 Å². The van der Waals surface area contributed by atoms with Gasteiger partial charge in [0, 0.05) is 49.7 Å². The van der Waals surface area contributed by atoms with Gasteiger partial charge in [0.25, 0.3) is 0 Å². The summed E-state index contributed by atoms with van der Waals surface area (Å²) >= 11 is 1.97. The minimum atomic E-state index is 0.255. The van der Waals surface area contributed by atoms with Gasteiger partial charge in [-0.1, -0.05) is 19.3 Å². The van der Waals surface area contributed by atoms with Crippen molar-refractivity contribution in [1.82, 2.24) is 15.5 Å². The largest absolute Gasteiger partial charge is 0.381 e. The number of nitrogens with zero attached hydrogens (tertiary/aromatic N) is 2. The fourth-order valence-corrected chi connectivity index (χ4v) is 5.53. The van der Waals surface area contributed by atoms with Crippen molar-refractivity contribution in [2.75, 3.05) is 45.6 Å². The second kappa shape index (κ2) is 10.9. The molecule has 3 rings (SSSR count). The van der Waals surface area contributed by atoms with Gasteiger partial charge in [-0.2, -0.15) is 11.8 Å². The Bertz CT molecular complexity index is 453. The Balaban J connectivity index is 1.49. The molecule has 0 bridgehead atoms. The third-order valence-electron chi connectivity index (χ3n) is 6.67. The van der Waals surface area contributed by atoms with Gasteiger partial charge in [0.1, 0.15) is 0 Å². The van der Waals surface area contributed by atoms with E-state index in [4.69, 9.17) is 9.73 Å². The zero-order valence-electron chi connectivity index (χ0n) is 17.5. The Hall–Kier alpha value is -0.460. The summed E-state index contributed by atoms with van der Waals surface area (Å²) in [7, 11) is 0. The van der Waals surface area contributed by atoms with E-state index < -0.39 is 0 Å². The van der Waals surface area contributed by atoms with Crippen LogP contribution in [0.1, 0.15) is 64.7 Å². The first kappa shape index (κ1) is 21.3. The lowest BCUT2D eigenvalue weighted by atomic mass is 9.92. The van der Waals surface area contributed by atoms with Gasteiger partial charge in [-0.3, -0.25) is 4.99 Å². The molecule has 2 heterocycles. The maximum Gasteiger partial charge on any atom is 0.191 e. The minimum Gasteiger partial charge on any atom is -0.381 e. The van der Waals surface area contributed by atoms with E-state index in [1.54, 1.807) is 0 Å². The van der Waals surface area contributed by atoms with Crippen LogP contribution in [-0.2, 0) is 4.74 Å². The van der Waals surface area contributed by atoms with Crippen LogP contribution in [0.2, 0.25) is 0 Å². The number of thioether (sulfide) groups is 1. The molecule has 3 aliphatic rings. The highest BCUT2D eigenvalue weighted by atomic mass is 32.2. The monoisotopic (exact) mass is 396 g/mol. The highest BCUT2D eigenvalue weighted by molar-refractivity contribution is 8.00. The van der Waals surface area contributed by atoms with Crippen molar-refractivity contribution >= 4 is 17.7 Å². The summed E-state index contributed by atoms with van der Waals surface area (Å²) in [4.78, 5) is 7.74. The molecular formula is C21H40N4OS. The number of hydrogen-bond donors (Lipinski definition) is 2. The highest BCUT2D eigenvalue weighted by Gasteiger charge is 2.32. The van der Waals surface area contributed by atoms with Crippen molar-refractivity contribution in [2.24, 2.45) is 4.99 Å². The SMILES string of the molecule is CCNC(=NCC1(SC)CCOCC1)NC1CCN(C2CCCCC2)CC1. The van der Waals surface area contributed by atoms with Crippen LogP contribution in [-0.4, -0.2) is 73.3 Å². The predicted octanol–water partition coefficient (Wildman–Crippen LogP) is 3.25. The zero-order valence-corrected chi connectivity index (χ0v) is 18.3. The summed E-state index contributed by atoms with van der Waals surface area (Å²) in [6.07, 6.45) is 14.1. The van der Waals surface area contributed by atoms with Crippen LogP contribution in [0.4, 0.5) is 0 Å². The first-order valence-corrected chi connectivity index (χ1v) is 12.4. The molecule has 0 amide bonds. The molecule has 1 aliphatic carbocycles. The molecule has 0 unspecified atom stereocenters. The Morgan fingerprint density at radius 3 is 2.44 bits per heavy atom. The number of likely N-dealkylation sites (tertiary alicyclic amines) is 1. The molecule has 6 heteroatoms. The molecule has 1 saturated carbocycles. The summed E-state index contributed by atoms with van der Waals surface area (Å²) in [6, 6.07) is 1.42. The standard InChI is InChI=1S/C21H40N4OS/c1-3-22-20(23-17-21(27-2)11-15-26-16-12-21)24-18-9-13-25(14-10-18)19-7-5-4-6-8-19/h18-19H,3-17H2,1-2H3,(H2,22,23,24). The number of piperidine rings is 1. The van der Waals surface area contributed by atoms with Crippen molar-refractivity contribution in [3.63, 3.8) is 0 Å². The summed E-state index contributed by atoms with van der Waals surface area (Å²) < 4.78 is 5.82. The van der Waals surface area contributed by atoms with Crippen LogP contribution in [0.25, 0.3) is 0 Å². The van der Waals surface area contributed by atoms with Crippen LogP contribution >= 0.6 is 11.8 Å². The van der Waals surface area contributed by atoms with E-state index in [-0.39, 0.29) is 4.75 Å². The first-order chi connectivity index (χ1) is 13.2. The molecule has 0 spiro atoms. The van der Waals surface area contributed by atoms with Crippen molar-refractivity contribution in [3.05, 3.63) is 0 Å². The average Bonchev–Trinajstić information content (AvgIpc) is 2.74. The topological polar surface area (TPSA) is 48.9 Å². The third-order valence-corrected chi connectivity index (χ3v) is 8.07. The Kier molecular flexibility index (Phi) is 8.59. The zero-order chi connectivity index (χ0) is 19.0. The van der Waals surface area contributed by atoms with Crippen LogP contribution in [0.15, 0.2) is 4.99 Å². The van der Waals surface area contributed by atoms with Crippen molar-refractivity contribution in [2.45, 2.75) is 81.5 Å². The van der Waals surface area contributed by atoms with Gasteiger partial charge in [-0.15, -0.1) is 0 Å². The smallest absolute Gasteiger partial charge is 0.191 e. The number of aliphatic imine (C=N–C) groups is 1. The summed E-state index contributed by atoms with van der Waals surface area (Å²) in [6.45, 7) is 8.19. The number of guanidine groups is 1. The Morgan fingerprint density at radius 2 is 1.81 bits per heavy atom. The summed E-state index contributed by atoms with van der Waals surface area (Å²) in [5.41, 5.74) is 0. The van der Waals surface area contributed by atoms with Crippen molar-refractivity contribution < 1.29 is 4.74 Å². The van der Waals surface area contributed by atoms with Gasteiger partial charge >= 0.3 is 0 Å². The third kappa shape index (κ3) is 6.26. The van der Waals surface area contributed by atoms with Crippen LogP contribution in [0.3, 0.4) is 0 Å². The van der Waals surface area contributed by atoms with Gasteiger partial charge < -0.3 is 20.3 Å². The van der Waals surface area contributed by atoms with E-state index in [1.807, 2.05) is 11.8 Å². The van der Waals surface area contributed by atoms with Gasteiger partial charge in [0.2, 0.25) is 0 Å². The molecule has 0 atom stereocenters. The molecule has 2 saturated heterocycles. The number of ether oxygens (including phenoxy) is 1. The van der Waals surface area contributed by atoms with Gasteiger partial charge in [-0.25, -0.2) is 0 Å². The second-order valence-corrected chi connectivity index (χ2v) is 9.72. The van der Waals surface area contributed by atoms with Crippen molar-refractivity contribution in [3.8, 4) is 0 Å². The average molecular weight is 397 g/mol. The van der Waals surface area contributed by atoms with Gasteiger partial charge in [0.05, 0.1) is 6.54 Å². The molecular weight excluding hydrogens is 356 g/mol. The van der Waals surface area contributed by atoms with Crippen LogP contribution in [0, 0.1) is 0 Å². The maximum absolute atomic E-state index is 5.56. The number of nitrogens with one attached hydrogen (secondary N) is 2. The molecule has 0 aromatic carbocycles. The van der Waals surface area contributed by atoms with Crippen molar-refractivity contribution in [1.29, 1.82) is 0 Å². The molecule has 156 valence electrons. The molecule has 5 nitrogen and oxygen atoms in total. The molecule has 0 aromatic heterocycles. The van der Waals surface area contributed by atoms with E-state index >= 15 is 0 Å². The van der Waals surface area contributed by atoms with Crippen LogP contribution in [0.5, 0.6) is 0 Å². The Morgan fingerprint density at radius 1 is 1.11 bits per heavy atom. The quantitative estimate of drug-likeness (QED) is 0.533. The fraction of sp³-hybridized carbons (Fsp3) is 0.952. The van der Waals surface area contributed by atoms with Crippen LogP contribution < -0.4 is 10.6 Å². The predicted molar refractivity (Wildman–Crippen MR) is 117 cm³/mol. The van der Waals surface area contributed by atoms with E-state index in [1.165, 1.54) is 58.0 Å². The van der Waals surface area contributed by atoms with Gasteiger partial charge in [0.15, 0.2) is 5.96 Å². The maximum atomic E-state index is 5.56.